The van der Waals surface area contributed by atoms with Crippen molar-refractivity contribution in [2.45, 2.75) is 0 Å². The molecule has 1 aromatic carbocycles. The SMILES string of the molecule is COc1ccc(Nc2ncnc(Nc3cccnc3)c2N)c(OC)c1. The highest BCUT2D eigenvalue weighted by molar-refractivity contribution is 5.81. The van der Waals surface area contributed by atoms with E-state index in [9.17, 15) is 0 Å². The minimum Gasteiger partial charge on any atom is -0.497 e. The number of nitrogens with zero attached hydrogens (tertiary/aromatic N) is 3. The zero-order valence-electron chi connectivity index (χ0n) is 13.9. The summed E-state index contributed by atoms with van der Waals surface area (Å²) in [5, 5.41) is 6.27. The number of rotatable bonds is 6. The fourth-order valence-corrected chi connectivity index (χ4v) is 2.20. The monoisotopic (exact) mass is 338 g/mol. The summed E-state index contributed by atoms with van der Waals surface area (Å²) in [4.78, 5) is 12.4. The summed E-state index contributed by atoms with van der Waals surface area (Å²) >= 11 is 0. The number of nitrogen functional groups attached to an aromatic ring is 1. The molecule has 25 heavy (non-hydrogen) atoms. The smallest absolute Gasteiger partial charge is 0.159 e. The molecule has 0 saturated carbocycles. The standard InChI is InChI=1S/C17H18N6O2/c1-24-12-5-6-13(14(8-12)25-2)23-17-15(18)16(20-10-21-17)22-11-4-3-7-19-9-11/h3-10H,18H2,1-2H3,(H2,20,21,22,23). The first kappa shape index (κ1) is 16.3. The summed E-state index contributed by atoms with van der Waals surface area (Å²) in [6.07, 6.45) is 4.80. The molecule has 4 N–H and O–H groups in total. The number of hydrogen-bond acceptors (Lipinski definition) is 8. The average Bonchev–Trinajstić information content (AvgIpc) is 2.66. The molecule has 2 heterocycles. The molecule has 0 aliphatic rings. The molecule has 0 spiro atoms. The van der Waals surface area contributed by atoms with Gasteiger partial charge in [0.1, 0.15) is 23.5 Å². The topological polar surface area (TPSA) is 107 Å². The lowest BCUT2D eigenvalue weighted by Gasteiger charge is -2.15. The lowest BCUT2D eigenvalue weighted by Crippen LogP contribution is -2.06. The van der Waals surface area contributed by atoms with Gasteiger partial charge in [-0.2, -0.15) is 0 Å². The predicted molar refractivity (Wildman–Crippen MR) is 96.8 cm³/mol. The minimum absolute atomic E-state index is 0.379. The van der Waals surface area contributed by atoms with E-state index < -0.39 is 0 Å². The molecule has 3 aromatic rings. The van der Waals surface area contributed by atoms with E-state index in [1.54, 1.807) is 32.7 Å². The van der Waals surface area contributed by atoms with Gasteiger partial charge in [0.2, 0.25) is 0 Å². The fraction of sp³-hybridized carbons (Fsp3) is 0.118. The van der Waals surface area contributed by atoms with Crippen molar-refractivity contribution in [3.8, 4) is 11.5 Å². The molecule has 0 radical (unpaired) electrons. The van der Waals surface area contributed by atoms with E-state index >= 15 is 0 Å². The average molecular weight is 338 g/mol. The van der Waals surface area contributed by atoms with Gasteiger partial charge in [-0.15, -0.1) is 0 Å². The Morgan fingerprint density at radius 2 is 1.80 bits per heavy atom. The van der Waals surface area contributed by atoms with Gasteiger partial charge in [-0.05, 0) is 24.3 Å². The van der Waals surface area contributed by atoms with Crippen molar-refractivity contribution in [2.24, 2.45) is 0 Å². The normalized spacial score (nSPS) is 10.2. The Labute approximate surface area is 145 Å². The molecule has 128 valence electrons. The summed E-state index contributed by atoms with van der Waals surface area (Å²) in [6, 6.07) is 9.11. The van der Waals surface area contributed by atoms with Crippen LogP contribution in [0.4, 0.5) is 28.7 Å². The molecule has 0 aliphatic carbocycles. The molecule has 0 saturated heterocycles. The Morgan fingerprint density at radius 1 is 1.00 bits per heavy atom. The van der Waals surface area contributed by atoms with Crippen molar-refractivity contribution in [2.75, 3.05) is 30.6 Å². The van der Waals surface area contributed by atoms with Gasteiger partial charge in [-0.3, -0.25) is 4.98 Å². The second-order valence-corrected chi connectivity index (χ2v) is 5.04. The second kappa shape index (κ2) is 7.35. The number of methoxy groups -OCH3 is 2. The van der Waals surface area contributed by atoms with Crippen LogP contribution in [0.25, 0.3) is 0 Å². The fourth-order valence-electron chi connectivity index (χ4n) is 2.20. The quantitative estimate of drug-likeness (QED) is 0.630. The zero-order valence-corrected chi connectivity index (χ0v) is 13.9. The molecule has 8 heteroatoms. The number of ether oxygens (including phenoxy) is 2. The van der Waals surface area contributed by atoms with Crippen LogP contribution < -0.4 is 25.8 Å². The molecule has 3 rings (SSSR count). The van der Waals surface area contributed by atoms with E-state index in [-0.39, 0.29) is 0 Å². The minimum atomic E-state index is 0.379. The molecule has 2 aromatic heterocycles. The maximum absolute atomic E-state index is 6.19. The first-order chi connectivity index (χ1) is 12.2. The largest absolute Gasteiger partial charge is 0.497 e. The highest BCUT2D eigenvalue weighted by Crippen LogP contribution is 2.34. The van der Waals surface area contributed by atoms with Gasteiger partial charge in [0.25, 0.3) is 0 Å². The van der Waals surface area contributed by atoms with Crippen LogP contribution in [0.2, 0.25) is 0 Å². The third-order valence-electron chi connectivity index (χ3n) is 3.47. The first-order valence-electron chi connectivity index (χ1n) is 7.48. The summed E-state index contributed by atoms with van der Waals surface area (Å²) < 4.78 is 10.6. The number of nitrogens with two attached hydrogens (primary N) is 1. The van der Waals surface area contributed by atoms with E-state index in [1.165, 1.54) is 6.33 Å². The van der Waals surface area contributed by atoms with E-state index in [4.69, 9.17) is 15.2 Å². The number of nitrogens with one attached hydrogen (secondary N) is 2. The molecule has 0 atom stereocenters. The van der Waals surface area contributed by atoms with Gasteiger partial charge < -0.3 is 25.8 Å². The molecule has 0 amide bonds. The predicted octanol–water partition coefficient (Wildman–Crippen LogP) is 2.96. The Hall–Kier alpha value is -3.55. The van der Waals surface area contributed by atoms with Gasteiger partial charge in [-0.1, -0.05) is 0 Å². The van der Waals surface area contributed by atoms with Crippen LogP contribution in [0.5, 0.6) is 11.5 Å². The lowest BCUT2D eigenvalue weighted by atomic mass is 10.2. The maximum atomic E-state index is 6.19. The van der Waals surface area contributed by atoms with Crippen molar-refractivity contribution in [1.29, 1.82) is 0 Å². The van der Waals surface area contributed by atoms with Crippen LogP contribution in [0.15, 0.2) is 49.1 Å². The number of pyridine rings is 1. The van der Waals surface area contributed by atoms with Gasteiger partial charge in [0, 0.05) is 12.3 Å². The number of benzene rings is 1. The number of hydrogen-bond donors (Lipinski definition) is 3. The summed E-state index contributed by atoms with van der Waals surface area (Å²) in [6.45, 7) is 0. The summed E-state index contributed by atoms with van der Waals surface area (Å²) in [5.74, 6) is 2.25. The van der Waals surface area contributed by atoms with Crippen molar-refractivity contribution >= 4 is 28.7 Å². The highest BCUT2D eigenvalue weighted by Gasteiger charge is 2.12. The summed E-state index contributed by atoms with van der Waals surface area (Å²) in [5.41, 5.74) is 8.06. The van der Waals surface area contributed by atoms with Crippen molar-refractivity contribution in [3.63, 3.8) is 0 Å². The summed E-state index contributed by atoms with van der Waals surface area (Å²) in [7, 11) is 3.18. The van der Waals surface area contributed by atoms with Crippen molar-refractivity contribution in [3.05, 3.63) is 49.1 Å². The van der Waals surface area contributed by atoms with Crippen LogP contribution in [0.3, 0.4) is 0 Å². The van der Waals surface area contributed by atoms with Crippen molar-refractivity contribution < 1.29 is 9.47 Å². The van der Waals surface area contributed by atoms with Crippen LogP contribution >= 0.6 is 0 Å². The Kier molecular flexibility index (Phi) is 4.79. The first-order valence-corrected chi connectivity index (χ1v) is 7.48. The molecule has 8 nitrogen and oxygen atoms in total. The Bertz CT molecular complexity index is 857. The molecule has 0 fully saturated rings. The van der Waals surface area contributed by atoms with Gasteiger partial charge in [0.05, 0.1) is 31.8 Å². The highest BCUT2D eigenvalue weighted by atomic mass is 16.5. The van der Waals surface area contributed by atoms with E-state index in [0.717, 1.165) is 5.69 Å². The lowest BCUT2D eigenvalue weighted by molar-refractivity contribution is 0.395. The second-order valence-electron chi connectivity index (χ2n) is 5.04. The third kappa shape index (κ3) is 3.69. The van der Waals surface area contributed by atoms with Gasteiger partial charge in [0.15, 0.2) is 11.6 Å². The number of anilines is 5. The molecular weight excluding hydrogens is 320 g/mol. The van der Waals surface area contributed by atoms with Gasteiger partial charge >= 0.3 is 0 Å². The Balaban J connectivity index is 1.87. The Morgan fingerprint density at radius 3 is 2.48 bits per heavy atom. The number of aromatic nitrogens is 3. The molecule has 0 aliphatic heterocycles. The van der Waals surface area contributed by atoms with Crippen molar-refractivity contribution in [1.82, 2.24) is 15.0 Å². The molecule has 0 bridgehead atoms. The van der Waals surface area contributed by atoms with Crippen LogP contribution in [0.1, 0.15) is 0 Å². The zero-order chi connectivity index (χ0) is 17.6. The van der Waals surface area contributed by atoms with E-state index in [1.807, 2.05) is 24.3 Å². The van der Waals surface area contributed by atoms with Crippen LogP contribution in [-0.4, -0.2) is 29.2 Å². The maximum Gasteiger partial charge on any atom is 0.159 e. The van der Waals surface area contributed by atoms with Crippen LogP contribution in [-0.2, 0) is 0 Å². The molecular formula is C17H18N6O2. The third-order valence-corrected chi connectivity index (χ3v) is 3.47. The van der Waals surface area contributed by atoms with E-state index in [0.29, 0.717) is 34.5 Å². The molecule has 0 unspecified atom stereocenters. The van der Waals surface area contributed by atoms with Gasteiger partial charge in [-0.25, -0.2) is 9.97 Å². The van der Waals surface area contributed by atoms with E-state index in [2.05, 4.69) is 25.6 Å². The van der Waals surface area contributed by atoms with Crippen LogP contribution in [0, 0.1) is 0 Å².